The molecule has 0 aliphatic carbocycles. The molecule has 0 radical (unpaired) electrons. The van der Waals surface area contributed by atoms with Crippen LogP contribution in [0.15, 0.2) is 90.2 Å². The molecule has 0 unspecified atom stereocenters. The van der Waals surface area contributed by atoms with Crippen LogP contribution in [0.25, 0.3) is 16.9 Å². The molecule has 1 aromatic heterocycles. The van der Waals surface area contributed by atoms with Gasteiger partial charge in [0.25, 0.3) is 0 Å². The standard InChI is InChI=1S/C22H16ClFN2S/c23-18-8-12-20(13-9-18)26-21(17-4-2-1-3-5-17)14-25-22(26)27-15-16-6-10-19(24)11-7-16/h1-14H,15H2. The average Bonchev–Trinajstić information content (AvgIpc) is 3.13. The highest BCUT2D eigenvalue weighted by molar-refractivity contribution is 7.98. The number of rotatable bonds is 5. The van der Waals surface area contributed by atoms with E-state index < -0.39 is 0 Å². The average molecular weight is 395 g/mol. The Hall–Kier alpha value is -2.56. The van der Waals surface area contributed by atoms with Crippen LogP contribution in [-0.2, 0) is 5.75 Å². The minimum Gasteiger partial charge on any atom is -0.287 e. The van der Waals surface area contributed by atoms with E-state index in [1.54, 1.807) is 23.9 Å². The fourth-order valence-corrected chi connectivity index (χ4v) is 3.89. The van der Waals surface area contributed by atoms with Crippen LogP contribution >= 0.6 is 23.4 Å². The summed E-state index contributed by atoms with van der Waals surface area (Å²) in [6.45, 7) is 0. The Labute approximate surface area is 166 Å². The smallest absolute Gasteiger partial charge is 0.173 e. The van der Waals surface area contributed by atoms with Crippen LogP contribution in [0.2, 0.25) is 5.02 Å². The third kappa shape index (κ3) is 4.07. The zero-order valence-electron chi connectivity index (χ0n) is 14.3. The maximum atomic E-state index is 13.1. The third-order valence-corrected chi connectivity index (χ3v) is 5.44. The molecule has 0 saturated carbocycles. The van der Waals surface area contributed by atoms with Crippen LogP contribution in [0, 0.1) is 5.82 Å². The lowest BCUT2D eigenvalue weighted by Crippen LogP contribution is -1.99. The van der Waals surface area contributed by atoms with Crippen molar-refractivity contribution in [3.05, 3.63) is 101 Å². The van der Waals surface area contributed by atoms with Crippen molar-refractivity contribution in [2.24, 2.45) is 0 Å². The maximum Gasteiger partial charge on any atom is 0.173 e. The van der Waals surface area contributed by atoms with Gasteiger partial charge in [-0.3, -0.25) is 4.57 Å². The molecule has 0 aliphatic heterocycles. The molecule has 2 nitrogen and oxygen atoms in total. The number of benzene rings is 3. The minimum atomic E-state index is -0.224. The number of imidazole rings is 1. The van der Waals surface area contributed by atoms with Crippen LogP contribution < -0.4 is 0 Å². The normalized spacial score (nSPS) is 10.9. The van der Waals surface area contributed by atoms with Crippen LogP contribution in [0.3, 0.4) is 0 Å². The van der Waals surface area contributed by atoms with Crippen LogP contribution in [0.5, 0.6) is 0 Å². The van der Waals surface area contributed by atoms with Crippen molar-refractivity contribution in [1.29, 1.82) is 0 Å². The van der Waals surface area contributed by atoms with Crippen molar-refractivity contribution in [2.45, 2.75) is 10.9 Å². The summed E-state index contributed by atoms with van der Waals surface area (Å²) in [5.41, 5.74) is 4.15. The summed E-state index contributed by atoms with van der Waals surface area (Å²) in [5, 5.41) is 1.57. The molecule has 1 heterocycles. The quantitative estimate of drug-likeness (QED) is 0.354. The largest absolute Gasteiger partial charge is 0.287 e. The summed E-state index contributed by atoms with van der Waals surface area (Å²) >= 11 is 7.68. The van der Waals surface area contributed by atoms with E-state index >= 15 is 0 Å². The van der Waals surface area contributed by atoms with Gasteiger partial charge < -0.3 is 0 Å². The first-order valence-electron chi connectivity index (χ1n) is 8.47. The van der Waals surface area contributed by atoms with Gasteiger partial charge in [0.2, 0.25) is 0 Å². The summed E-state index contributed by atoms with van der Waals surface area (Å²) in [5.74, 6) is 0.483. The van der Waals surface area contributed by atoms with Crippen LogP contribution in [-0.4, -0.2) is 9.55 Å². The van der Waals surface area contributed by atoms with Crippen molar-refractivity contribution in [1.82, 2.24) is 9.55 Å². The van der Waals surface area contributed by atoms with E-state index in [0.717, 1.165) is 27.7 Å². The molecular weight excluding hydrogens is 379 g/mol. The number of hydrogen-bond acceptors (Lipinski definition) is 2. The molecule has 0 amide bonds. The fraction of sp³-hybridized carbons (Fsp3) is 0.0455. The first-order valence-corrected chi connectivity index (χ1v) is 9.83. The lowest BCUT2D eigenvalue weighted by Gasteiger charge is -2.12. The van der Waals surface area contributed by atoms with E-state index in [2.05, 4.69) is 21.7 Å². The highest BCUT2D eigenvalue weighted by Gasteiger charge is 2.14. The van der Waals surface area contributed by atoms with E-state index in [1.807, 2.05) is 48.7 Å². The number of aromatic nitrogens is 2. The SMILES string of the molecule is Fc1ccc(CSc2ncc(-c3ccccc3)n2-c2ccc(Cl)cc2)cc1. The topological polar surface area (TPSA) is 17.8 Å². The van der Waals surface area contributed by atoms with Gasteiger partial charge in [0.05, 0.1) is 11.9 Å². The molecule has 3 aromatic carbocycles. The Morgan fingerprint density at radius 2 is 1.59 bits per heavy atom. The zero-order valence-corrected chi connectivity index (χ0v) is 15.9. The highest BCUT2D eigenvalue weighted by Crippen LogP contribution is 2.31. The zero-order chi connectivity index (χ0) is 18.6. The maximum absolute atomic E-state index is 13.1. The van der Waals surface area contributed by atoms with E-state index in [1.165, 1.54) is 12.1 Å². The molecule has 4 aromatic rings. The predicted octanol–water partition coefficient (Wildman–Crippen LogP) is 6.62. The van der Waals surface area contributed by atoms with Gasteiger partial charge in [-0.1, -0.05) is 65.8 Å². The molecule has 5 heteroatoms. The second-order valence-corrected chi connectivity index (χ2v) is 7.40. The Morgan fingerprint density at radius 1 is 0.889 bits per heavy atom. The molecule has 0 fully saturated rings. The van der Waals surface area contributed by atoms with E-state index in [9.17, 15) is 4.39 Å². The molecule has 0 saturated heterocycles. The Bertz CT molecular complexity index is 1030. The lowest BCUT2D eigenvalue weighted by atomic mass is 10.1. The summed E-state index contributed by atoms with van der Waals surface area (Å²) in [7, 11) is 0. The fourth-order valence-electron chi connectivity index (χ4n) is 2.82. The molecule has 4 rings (SSSR count). The molecular formula is C22H16ClFN2S. The van der Waals surface area contributed by atoms with Crippen molar-refractivity contribution < 1.29 is 4.39 Å². The predicted molar refractivity (Wildman–Crippen MR) is 110 cm³/mol. The van der Waals surface area contributed by atoms with Crippen LogP contribution in [0.4, 0.5) is 4.39 Å². The number of thioether (sulfide) groups is 1. The van der Waals surface area contributed by atoms with Crippen molar-refractivity contribution in [2.75, 3.05) is 0 Å². The van der Waals surface area contributed by atoms with Gasteiger partial charge >= 0.3 is 0 Å². The summed E-state index contributed by atoms with van der Waals surface area (Å²) in [6.07, 6.45) is 1.89. The molecule has 0 atom stereocenters. The Balaban J connectivity index is 1.71. The molecule has 0 N–H and O–H groups in total. The second kappa shape index (κ2) is 7.99. The molecule has 134 valence electrons. The van der Waals surface area contributed by atoms with Crippen molar-refractivity contribution in [3.8, 4) is 16.9 Å². The van der Waals surface area contributed by atoms with Gasteiger partial charge in [-0.2, -0.15) is 0 Å². The van der Waals surface area contributed by atoms with Crippen molar-refractivity contribution in [3.63, 3.8) is 0 Å². The van der Waals surface area contributed by atoms with Gasteiger partial charge in [-0.25, -0.2) is 9.37 Å². The molecule has 0 bridgehead atoms. The molecule has 27 heavy (non-hydrogen) atoms. The second-order valence-electron chi connectivity index (χ2n) is 6.02. The van der Waals surface area contributed by atoms with E-state index in [-0.39, 0.29) is 5.82 Å². The van der Waals surface area contributed by atoms with Crippen LogP contribution in [0.1, 0.15) is 5.56 Å². The lowest BCUT2D eigenvalue weighted by molar-refractivity contribution is 0.627. The van der Waals surface area contributed by atoms with Gasteiger partial charge in [-0.05, 0) is 42.0 Å². The number of nitrogens with zero attached hydrogens (tertiary/aromatic N) is 2. The number of hydrogen-bond donors (Lipinski definition) is 0. The first-order chi connectivity index (χ1) is 13.2. The Kier molecular flexibility index (Phi) is 5.28. The Morgan fingerprint density at radius 3 is 2.30 bits per heavy atom. The highest BCUT2D eigenvalue weighted by atomic mass is 35.5. The van der Waals surface area contributed by atoms with Gasteiger partial charge in [0.15, 0.2) is 5.16 Å². The first kappa shape index (κ1) is 17.8. The molecule has 0 spiro atoms. The number of halogens is 2. The third-order valence-electron chi connectivity index (χ3n) is 4.17. The van der Waals surface area contributed by atoms with E-state index in [0.29, 0.717) is 10.8 Å². The monoisotopic (exact) mass is 394 g/mol. The minimum absolute atomic E-state index is 0.224. The van der Waals surface area contributed by atoms with Crippen molar-refractivity contribution >= 4 is 23.4 Å². The summed E-state index contributed by atoms with van der Waals surface area (Å²) in [6, 6.07) is 24.4. The summed E-state index contributed by atoms with van der Waals surface area (Å²) < 4.78 is 15.2. The van der Waals surface area contributed by atoms with E-state index in [4.69, 9.17) is 11.6 Å². The van der Waals surface area contributed by atoms with Gasteiger partial charge in [0.1, 0.15) is 5.82 Å². The molecule has 0 aliphatic rings. The van der Waals surface area contributed by atoms with Gasteiger partial charge in [0, 0.05) is 22.0 Å². The summed E-state index contributed by atoms with van der Waals surface area (Å²) in [4.78, 5) is 4.64. The van der Waals surface area contributed by atoms with Gasteiger partial charge in [-0.15, -0.1) is 0 Å².